The van der Waals surface area contributed by atoms with Crippen molar-refractivity contribution in [2.75, 3.05) is 27.2 Å². The Bertz CT molecular complexity index is 814. The van der Waals surface area contributed by atoms with Crippen LogP contribution in [0.3, 0.4) is 0 Å². The summed E-state index contributed by atoms with van der Waals surface area (Å²) in [7, 11) is 3.49. The highest BCUT2D eigenvalue weighted by atomic mass is 16.5. The molecule has 2 aromatic rings. The van der Waals surface area contributed by atoms with Gasteiger partial charge in [-0.2, -0.15) is 0 Å². The Balaban J connectivity index is 1.45. The molecule has 154 valence electrons. The third-order valence-electron chi connectivity index (χ3n) is 5.60. The molecule has 0 aromatic heterocycles. The van der Waals surface area contributed by atoms with E-state index in [1.54, 1.807) is 12.0 Å². The number of rotatable bonds is 7. The molecule has 0 aliphatic carbocycles. The van der Waals surface area contributed by atoms with Gasteiger partial charge in [-0.05, 0) is 42.5 Å². The number of amides is 2. The number of methoxy groups -OCH3 is 1. The van der Waals surface area contributed by atoms with E-state index in [1.165, 1.54) is 5.56 Å². The number of ether oxygens (including phenoxy) is 1. The number of likely N-dealkylation sites (tertiary alicyclic amines) is 1. The van der Waals surface area contributed by atoms with Gasteiger partial charge in [-0.1, -0.05) is 42.5 Å². The van der Waals surface area contributed by atoms with Crippen molar-refractivity contribution in [2.45, 2.75) is 32.2 Å². The normalized spacial score (nSPS) is 14.5. The molecule has 5 heteroatoms. The Morgan fingerprint density at radius 2 is 1.72 bits per heavy atom. The largest absolute Gasteiger partial charge is 0.497 e. The highest BCUT2D eigenvalue weighted by Gasteiger charge is 2.29. The van der Waals surface area contributed by atoms with Crippen molar-refractivity contribution in [3.63, 3.8) is 0 Å². The zero-order valence-corrected chi connectivity index (χ0v) is 17.3. The van der Waals surface area contributed by atoms with Crippen LogP contribution in [0.4, 0.5) is 0 Å². The third kappa shape index (κ3) is 5.83. The molecule has 0 N–H and O–H groups in total. The zero-order valence-electron chi connectivity index (χ0n) is 17.3. The lowest BCUT2D eigenvalue weighted by Gasteiger charge is -2.33. The first-order chi connectivity index (χ1) is 14.1. The van der Waals surface area contributed by atoms with E-state index in [4.69, 9.17) is 4.74 Å². The highest BCUT2D eigenvalue weighted by Crippen LogP contribution is 2.22. The maximum Gasteiger partial charge on any atom is 0.225 e. The molecule has 0 atom stereocenters. The smallest absolute Gasteiger partial charge is 0.225 e. The monoisotopic (exact) mass is 394 g/mol. The van der Waals surface area contributed by atoms with Gasteiger partial charge in [0.1, 0.15) is 5.75 Å². The van der Waals surface area contributed by atoms with E-state index in [1.807, 2.05) is 54.4 Å². The molecular weight excluding hydrogens is 364 g/mol. The number of carbonyl (C=O) groups excluding carboxylic acids is 2. The van der Waals surface area contributed by atoms with Crippen LogP contribution in [-0.4, -0.2) is 48.9 Å². The number of hydrogen-bond donors (Lipinski definition) is 0. The topological polar surface area (TPSA) is 49.9 Å². The summed E-state index contributed by atoms with van der Waals surface area (Å²) in [5, 5.41) is 0. The van der Waals surface area contributed by atoms with Crippen molar-refractivity contribution in [3.05, 3.63) is 65.7 Å². The maximum absolute atomic E-state index is 12.8. The molecule has 1 aliphatic heterocycles. The van der Waals surface area contributed by atoms with Crippen LogP contribution in [0.5, 0.6) is 5.75 Å². The van der Waals surface area contributed by atoms with E-state index in [2.05, 4.69) is 12.1 Å². The lowest BCUT2D eigenvalue weighted by atomic mass is 9.94. The summed E-state index contributed by atoms with van der Waals surface area (Å²) < 4.78 is 5.25. The first-order valence-electron chi connectivity index (χ1n) is 10.3. The van der Waals surface area contributed by atoms with Crippen molar-refractivity contribution in [1.82, 2.24) is 9.80 Å². The molecular formula is C24H30N2O3. The van der Waals surface area contributed by atoms with Gasteiger partial charge in [0.15, 0.2) is 0 Å². The van der Waals surface area contributed by atoms with Gasteiger partial charge in [0.05, 0.1) is 7.11 Å². The predicted octanol–water partition coefficient (Wildman–Crippen LogP) is 3.53. The number of benzene rings is 2. The minimum absolute atomic E-state index is 0.0104. The van der Waals surface area contributed by atoms with Gasteiger partial charge < -0.3 is 14.5 Å². The van der Waals surface area contributed by atoms with Crippen LogP contribution in [0.15, 0.2) is 54.6 Å². The minimum Gasteiger partial charge on any atom is -0.497 e. The molecule has 1 heterocycles. The molecule has 1 fully saturated rings. The first kappa shape index (κ1) is 20.9. The van der Waals surface area contributed by atoms with Gasteiger partial charge in [-0.25, -0.2) is 0 Å². The molecule has 29 heavy (non-hydrogen) atoms. The van der Waals surface area contributed by atoms with Crippen molar-refractivity contribution >= 4 is 11.8 Å². The second-order valence-electron chi connectivity index (χ2n) is 7.69. The number of aryl methyl sites for hydroxylation is 1. The van der Waals surface area contributed by atoms with Gasteiger partial charge >= 0.3 is 0 Å². The summed E-state index contributed by atoms with van der Waals surface area (Å²) in [5.74, 6) is 1.13. The van der Waals surface area contributed by atoms with E-state index in [0.29, 0.717) is 26.1 Å². The summed E-state index contributed by atoms with van der Waals surface area (Å²) in [6.07, 6.45) is 2.76. The van der Waals surface area contributed by atoms with Crippen molar-refractivity contribution in [2.24, 2.45) is 5.92 Å². The summed E-state index contributed by atoms with van der Waals surface area (Å²) in [5.41, 5.74) is 2.24. The fourth-order valence-electron chi connectivity index (χ4n) is 3.86. The molecule has 1 aliphatic rings. The van der Waals surface area contributed by atoms with E-state index in [-0.39, 0.29) is 17.7 Å². The van der Waals surface area contributed by atoms with E-state index >= 15 is 0 Å². The summed E-state index contributed by atoms with van der Waals surface area (Å²) >= 11 is 0. The average Bonchev–Trinajstić information content (AvgIpc) is 2.78. The molecule has 5 nitrogen and oxygen atoms in total. The predicted molar refractivity (Wildman–Crippen MR) is 114 cm³/mol. The van der Waals surface area contributed by atoms with Crippen LogP contribution >= 0.6 is 0 Å². The maximum atomic E-state index is 12.8. The molecule has 2 amide bonds. The summed E-state index contributed by atoms with van der Waals surface area (Å²) in [6, 6.07) is 17.9. The number of piperidine rings is 1. The lowest BCUT2D eigenvalue weighted by Crippen LogP contribution is -2.43. The van der Waals surface area contributed by atoms with E-state index in [0.717, 1.165) is 30.6 Å². The van der Waals surface area contributed by atoms with Crippen LogP contribution in [0.2, 0.25) is 0 Å². The van der Waals surface area contributed by atoms with Crippen LogP contribution < -0.4 is 4.74 Å². The summed E-state index contributed by atoms with van der Waals surface area (Å²) in [6.45, 7) is 1.89. The van der Waals surface area contributed by atoms with Gasteiger partial charge in [-0.3, -0.25) is 9.59 Å². The Kier molecular flexibility index (Phi) is 7.28. The third-order valence-corrected chi connectivity index (χ3v) is 5.60. The second-order valence-corrected chi connectivity index (χ2v) is 7.69. The molecule has 3 rings (SSSR count). The molecule has 0 radical (unpaired) electrons. The first-order valence-corrected chi connectivity index (χ1v) is 10.3. The molecule has 0 saturated carbocycles. The van der Waals surface area contributed by atoms with Crippen molar-refractivity contribution in [3.8, 4) is 5.75 Å². The van der Waals surface area contributed by atoms with Crippen LogP contribution in [0, 0.1) is 5.92 Å². The van der Waals surface area contributed by atoms with Gasteiger partial charge in [0.2, 0.25) is 11.8 Å². The van der Waals surface area contributed by atoms with Crippen molar-refractivity contribution in [1.29, 1.82) is 0 Å². The van der Waals surface area contributed by atoms with Gasteiger partial charge in [0, 0.05) is 39.0 Å². The Labute approximate surface area is 173 Å². The van der Waals surface area contributed by atoms with E-state index < -0.39 is 0 Å². The highest BCUT2D eigenvalue weighted by molar-refractivity contribution is 5.80. The lowest BCUT2D eigenvalue weighted by molar-refractivity contribution is -0.140. The quantitative estimate of drug-likeness (QED) is 0.722. The minimum atomic E-state index is -0.0104. The van der Waals surface area contributed by atoms with Crippen LogP contribution in [0.1, 0.15) is 30.4 Å². The molecule has 0 bridgehead atoms. The van der Waals surface area contributed by atoms with Crippen molar-refractivity contribution < 1.29 is 14.3 Å². The molecule has 2 aromatic carbocycles. The Morgan fingerprint density at radius 3 is 2.41 bits per heavy atom. The SMILES string of the molecule is COc1cccc(CN(C)C(=O)C2CCN(C(=O)CCc3ccccc3)CC2)c1. The zero-order chi connectivity index (χ0) is 20.6. The van der Waals surface area contributed by atoms with E-state index in [9.17, 15) is 9.59 Å². The number of nitrogens with zero attached hydrogens (tertiary/aromatic N) is 2. The summed E-state index contributed by atoms with van der Waals surface area (Å²) in [4.78, 5) is 29.0. The fourth-order valence-corrected chi connectivity index (χ4v) is 3.86. The standard InChI is InChI=1S/C24H30N2O3/c1-25(18-20-9-6-10-22(17-20)29-2)24(28)21-13-15-26(16-14-21)23(27)12-11-19-7-4-3-5-8-19/h3-10,17,21H,11-16,18H2,1-2H3. The molecule has 0 spiro atoms. The molecule has 1 saturated heterocycles. The average molecular weight is 395 g/mol. The number of hydrogen-bond acceptors (Lipinski definition) is 3. The Hall–Kier alpha value is -2.82. The fraction of sp³-hybridized carbons (Fsp3) is 0.417. The Morgan fingerprint density at radius 1 is 1.03 bits per heavy atom. The molecule has 0 unspecified atom stereocenters. The van der Waals surface area contributed by atoms with Crippen LogP contribution in [-0.2, 0) is 22.6 Å². The van der Waals surface area contributed by atoms with Gasteiger partial charge in [-0.15, -0.1) is 0 Å². The number of carbonyl (C=O) groups is 2. The van der Waals surface area contributed by atoms with Gasteiger partial charge in [0.25, 0.3) is 0 Å². The second kappa shape index (κ2) is 10.1. The van der Waals surface area contributed by atoms with Crippen LogP contribution in [0.25, 0.3) is 0 Å².